The zero-order chi connectivity index (χ0) is 23.8. The molecule has 3 N–H and O–H groups in total. The first-order chi connectivity index (χ1) is 15.7. The van der Waals surface area contributed by atoms with Gasteiger partial charge in [-0.15, -0.1) is 11.3 Å². The Morgan fingerprint density at radius 1 is 1.18 bits per heavy atom. The Morgan fingerprint density at radius 2 is 1.91 bits per heavy atom. The van der Waals surface area contributed by atoms with E-state index in [0.29, 0.717) is 16.6 Å². The number of hydrogen-bond acceptors (Lipinski definition) is 6. The predicted octanol–water partition coefficient (Wildman–Crippen LogP) is 4.02. The van der Waals surface area contributed by atoms with Gasteiger partial charge < -0.3 is 5.73 Å². The monoisotopic (exact) mass is 496 g/mol. The molecule has 7 nitrogen and oxygen atoms in total. The summed E-state index contributed by atoms with van der Waals surface area (Å²) in [6.45, 7) is 0. The van der Waals surface area contributed by atoms with Gasteiger partial charge in [0, 0.05) is 4.88 Å². The van der Waals surface area contributed by atoms with Gasteiger partial charge in [0.15, 0.2) is 5.16 Å². The average Bonchev–Trinajstić information content (AvgIpc) is 2.92. The van der Waals surface area contributed by atoms with Crippen molar-refractivity contribution in [2.45, 2.75) is 43.4 Å². The molecular formula is C21H19F3N4O3S2. The van der Waals surface area contributed by atoms with Crippen molar-refractivity contribution in [3.8, 4) is 5.69 Å². The number of halogens is 3. The molecule has 3 aromatic rings. The minimum absolute atomic E-state index is 0.0692. The molecule has 0 fully saturated rings. The zero-order valence-electron chi connectivity index (χ0n) is 17.2. The van der Waals surface area contributed by atoms with E-state index in [4.69, 9.17) is 5.73 Å². The van der Waals surface area contributed by atoms with Crippen LogP contribution in [0.25, 0.3) is 15.9 Å². The number of amides is 3. The van der Waals surface area contributed by atoms with Crippen LogP contribution in [0.4, 0.5) is 18.0 Å². The van der Waals surface area contributed by atoms with Crippen molar-refractivity contribution in [1.82, 2.24) is 14.9 Å². The molecule has 0 bridgehead atoms. The number of carbonyl (C=O) groups excluding carboxylic acids is 2. The molecule has 2 heterocycles. The number of aryl methyl sites for hydroxylation is 2. The van der Waals surface area contributed by atoms with Gasteiger partial charge in [0.2, 0.25) is 5.91 Å². The summed E-state index contributed by atoms with van der Waals surface area (Å²) in [5.41, 5.74) is 3.84. The van der Waals surface area contributed by atoms with Crippen molar-refractivity contribution in [3.63, 3.8) is 0 Å². The fourth-order valence-corrected chi connectivity index (χ4v) is 5.99. The molecule has 1 aromatic carbocycles. The number of thioether (sulfide) groups is 1. The lowest BCUT2D eigenvalue weighted by Crippen LogP contribution is -2.36. The standard InChI is InChI=1S/C21H19F3N4O3S2/c22-21(23,24)12-7-4-5-8-13(12)28-18(30)16-11-6-2-1-3-9-14(11)33-17(16)27-20(28)32-10-15(29)26-19(25)31/h4-5,7-8H,1-3,6,9-10H2,(H3,25,26,29,31). The van der Waals surface area contributed by atoms with Gasteiger partial charge in [0.25, 0.3) is 5.56 Å². The van der Waals surface area contributed by atoms with E-state index in [-0.39, 0.29) is 16.6 Å². The van der Waals surface area contributed by atoms with Crippen LogP contribution >= 0.6 is 23.1 Å². The Balaban J connectivity index is 1.93. The summed E-state index contributed by atoms with van der Waals surface area (Å²) >= 11 is 2.13. The molecule has 0 unspecified atom stereocenters. The molecule has 174 valence electrons. The van der Waals surface area contributed by atoms with E-state index in [2.05, 4.69) is 4.98 Å². The number of benzene rings is 1. The summed E-state index contributed by atoms with van der Waals surface area (Å²) in [6.07, 6.45) is -0.369. The van der Waals surface area contributed by atoms with Gasteiger partial charge in [-0.3, -0.25) is 19.5 Å². The number of thiophene rings is 1. The molecule has 3 amide bonds. The van der Waals surface area contributed by atoms with Gasteiger partial charge in [-0.05, 0) is 43.4 Å². The number of imide groups is 1. The lowest BCUT2D eigenvalue weighted by Gasteiger charge is -2.17. The van der Waals surface area contributed by atoms with Crippen LogP contribution < -0.4 is 16.6 Å². The second-order valence-electron chi connectivity index (χ2n) is 7.50. The highest BCUT2D eigenvalue weighted by atomic mass is 32.2. The summed E-state index contributed by atoms with van der Waals surface area (Å²) < 4.78 is 42.3. The van der Waals surface area contributed by atoms with Crippen LogP contribution in [0.1, 0.15) is 35.3 Å². The van der Waals surface area contributed by atoms with E-state index < -0.39 is 29.2 Å². The summed E-state index contributed by atoms with van der Waals surface area (Å²) in [4.78, 5) is 42.5. The normalized spacial score (nSPS) is 14.0. The first-order valence-electron chi connectivity index (χ1n) is 10.1. The van der Waals surface area contributed by atoms with Gasteiger partial charge in [0.1, 0.15) is 4.83 Å². The van der Waals surface area contributed by atoms with E-state index in [1.807, 2.05) is 5.32 Å². The van der Waals surface area contributed by atoms with Crippen LogP contribution in [0.2, 0.25) is 0 Å². The number of nitrogens with two attached hydrogens (primary N) is 1. The number of nitrogens with one attached hydrogen (secondary N) is 1. The SMILES string of the molecule is NC(=O)NC(=O)CSc1nc2sc3c(c2c(=O)n1-c1ccccc1C(F)(F)F)CCCCC3. The first kappa shape index (κ1) is 23.3. The molecule has 0 aliphatic heterocycles. The Kier molecular flexibility index (Phi) is 6.48. The molecule has 4 rings (SSSR count). The minimum atomic E-state index is -4.71. The second kappa shape index (κ2) is 9.18. The van der Waals surface area contributed by atoms with Crippen molar-refractivity contribution in [2.75, 3.05) is 5.75 Å². The van der Waals surface area contributed by atoms with E-state index in [9.17, 15) is 27.6 Å². The molecular weight excluding hydrogens is 477 g/mol. The number of rotatable bonds is 4. The number of nitrogens with zero attached hydrogens (tertiary/aromatic N) is 2. The van der Waals surface area contributed by atoms with Gasteiger partial charge >= 0.3 is 12.2 Å². The Labute approximate surface area is 194 Å². The fraction of sp³-hybridized carbons (Fsp3) is 0.333. The van der Waals surface area contributed by atoms with E-state index >= 15 is 0 Å². The van der Waals surface area contributed by atoms with Crippen LogP contribution in [0, 0.1) is 0 Å². The number of aromatic nitrogens is 2. The molecule has 33 heavy (non-hydrogen) atoms. The molecule has 2 aromatic heterocycles. The van der Waals surface area contributed by atoms with Gasteiger partial charge in [-0.1, -0.05) is 30.3 Å². The third-order valence-electron chi connectivity index (χ3n) is 5.25. The topological polar surface area (TPSA) is 107 Å². The molecule has 0 atom stereocenters. The summed E-state index contributed by atoms with van der Waals surface area (Å²) in [7, 11) is 0. The summed E-state index contributed by atoms with van der Waals surface area (Å²) in [5, 5.41) is 2.16. The number of fused-ring (bicyclic) bond motifs is 3. The third kappa shape index (κ3) is 4.76. The van der Waals surface area contributed by atoms with Crippen LogP contribution in [-0.2, 0) is 23.8 Å². The first-order valence-corrected chi connectivity index (χ1v) is 11.9. The number of hydrogen-bond donors (Lipinski definition) is 2. The highest BCUT2D eigenvalue weighted by Gasteiger charge is 2.35. The molecule has 1 aliphatic rings. The van der Waals surface area contributed by atoms with Crippen LogP contribution in [0.15, 0.2) is 34.2 Å². The molecule has 0 saturated heterocycles. The summed E-state index contributed by atoms with van der Waals surface area (Å²) in [5.74, 6) is -1.11. The average molecular weight is 497 g/mol. The van der Waals surface area contributed by atoms with E-state index in [0.717, 1.165) is 58.5 Å². The molecule has 12 heteroatoms. The van der Waals surface area contributed by atoms with Crippen LogP contribution in [-0.4, -0.2) is 27.2 Å². The Morgan fingerprint density at radius 3 is 2.64 bits per heavy atom. The molecule has 0 spiro atoms. The highest BCUT2D eigenvalue weighted by molar-refractivity contribution is 7.99. The maximum absolute atomic E-state index is 13.8. The van der Waals surface area contributed by atoms with Gasteiger partial charge in [0.05, 0.1) is 22.4 Å². The van der Waals surface area contributed by atoms with Crippen molar-refractivity contribution < 1.29 is 22.8 Å². The van der Waals surface area contributed by atoms with E-state index in [1.165, 1.54) is 29.5 Å². The second-order valence-corrected chi connectivity index (χ2v) is 9.52. The zero-order valence-corrected chi connectivity index (χ0v) is 18.8. The molecule has 0 radical (unpaired) electrons. The molecule has 0 saturated carbocycles. The largest absolute Gasteiger partial charge is 0.418 e. The maximum Gasteiger partial charge on any atom is 0.418 e. The van der Waals surface area contributed by atoms with Crippen molar-refractivity contribution in [1.29, 1.82) is 0 Å². The van der Waals surface area contributed by atoms with Gasteiger partial charge in [-0.2, -0.15) is 13.2 Å². The minimum Gasteiger partial charge on any atom is -0.351 e. The summed E-state index contributed by atoms with van der Waals surface area (Å²) in [6, 6.07) is 3.70. The third-order valence-corrected chi connectivity index (χ3v) is 7.38. The number of alkyl halides is 3. The lowest BCUT2D eigenvalue weighted by molar-refractivity contribution is -0.137. The highest BCUT2D eigenvalue weighted by Crippen LogP contribution is 2.37. The van der Waals surface area contributed by atoms with Crippen LogP contribution in [0.3, 0.4) is 0 Å². The maximum atomic E-state index is 13.8. The number of para-hydroxylation sites is 1. The number of primary amides is 1. The number of carbonyl (C=O) groups is 2. The van der Waals surface area contributed by atoms with Crippen molar-refractivity contribution >= 4 is 45.3 Å². The van der Waals surface area contributed by atoms with Crippen LogP contribution in [0.5, 0.6) is 0 Å². The Hall–Kier alpha value is -2.86. The van der Waals surface area contributed by atoms with Crippen molar-refractivity contribution in [2.24, 2.45) is 5.73 Å². The smallest absolute Gasteiger partial charge is 0.351 e. The lowest BCUT2D eigenvalue weighted by atomic mass is 10.1. The molecule has 1 aliphatic carbocycles. The fourth-order valence-electron chi connectivity index (χ4n) is 3.88. The van der Waals surface area contributed by atoms with Gasteiger partial charge in [-0.25, -0.2) is 9.78 Å². The Bertz CT molecular complexity index is 1300. The van der Waals surface area contributed by atoms with E-state index in [1.54, 1.807) is 0 Å². The van der Waals surface area contributed by atoms with Crippen molar-refractivity contribution in [3.05, 3.63) is 50.6 Å². The quantitative estimate of drug-likeness (QED) is 0.322. The predicted molar refractivity (Wildman–Crippen MR) is 120 cm³/mol. The number of urea groups is 1.